The number of benzene rings is 2. The Balaban J connectivity index is 1.77. The lowest BCUT2D eigenvalue weighted by Gasteiger charge is -2.12. The summed E-state index contributed by atoms with van der Waals surface area (Å²) in [5.74, 6) is 0. The number of nitrogens with one attached hydrogen (secondary N) is 1. The molecule has 2 aromatic carbocycles. The third-order valence-corrected chi connectivity index (χ3v) is 3.92. The molecule has 0 aliphatic carbocycles. The van der Waals surface area contributed by atoms with Crippen LogP contribution in [0.15, 0.2) is 65.6 Å². The Morgan fingerprint density at radius 1 is 1.05 bits per heavy atom. The third-order valence-electron chi connectivity index (χ3n) is 2.86. The van der Waals surface area contributed by atoms with Gasteiger partial charge in [-0.15, -0.1) is 0 Å². The van der Waals surface area contributed by atoms with Gasteiger partial charge in [0.25, 0.3) is 0 Å². The van der Waals surface area contributed by atoms with Crippen molar-refractivity contribution in [2.45, 2.75) is 24.5 Å². The molecule has 1 atom stereocenters. The zero-order valence-corrected chi connectivity index (χ0v) is 13.0. The standard InChI is InChI=1S/C17H17NO3S/c1-13(16(19)22-15-10-6-3-7-11-15)18-17(20)21-12-14-8-4-2-5-9-14/h2-11,13H,12H2,1H3,(H,18,20)/t13-/m0/s1. The molecule has 1 amide bonds. The molecule has 0 unspecified atom stereocenters. The summed E-state index contributed by atoms with van der Waals surface area (Å²) in [4.78, 5) is 24.5. The van der Waals surface area contributed by atoms with Crippen LogP contribution in [-0.4, -0.2) is 17.3 Å². The Kier molecular flexibility index (Phi) is 6.03. The van der Waals surface area contributed by atoms with E-state index in [4.69, 9.17) is 4.74 Å². The highest BCUT2D eigenvalue weighted by Gasteiger charge is 2.17. The number of carbonyl (C=O) groups is 2. The average molecular weight is 315 g/mol. The van der Waals surface area contributed by atoms with Gasteiger partial charge in [0.05, 0.1) is 6.04 Å². The van der Waals surface area contributed by atoms with Gasteiger partial charge in [0.1, 0.15) is 6.61 Å². The van der Waals surface area contributed by atoms with E-state index in [0.717, 1.165) is 22.2 Å². The van der Waals surface area contributed by atoms with Crippen LogP contribution < -0.4 is 5.32 Å². The second-order valence-corrected chi connectivity index (χ2v) is 5.74. The summed E-state index contributed by atoms with van der Waals surface area (Å²) >= 11 is 1.10. The quantitative estimate of drug-likeness (QED) is 0.856. The molecule has 0 spiro atoms. The number of alkyl carbamates (subject to hydrolysis) is 1. The molecule has 1 N–H and O–H groups in total. The number of rotatable bonds is 5. The van der Waals surface area contributed by atoms with Gasteiger partial charge in [-0.3, -0.25) is 4.79 Å². The SMILES string of the molecule is C[C@H](NC(=O)OCc1ccccc1)C(=O)Sc1ccccc1. The second-order valence-electron chi connectivity index (χ2n) is 4.66. The normalized spacial score (nSPS) is 11.5. The first-order valence-corrected chi connectivity index (χ1v) is 7.71. The maximum atomic E-state index is 12.0. The first-order chi connectivity index (χ1) is 10.6. The van der Waals surface area contributed by atoms with Crippen LogP contribution in [0, 0.1) is 0 Å². The van der Waals surface area contributed by atoms with Crippen molar-refractivity contribution >= 4 is 23.0 Å². The van der Waals surface area contributed by atoms with Crippen molar-refractivity contribution in [1.82, 2.24) is 5.32 Å². The number of amides is 1. The molecular weight excluding hydrogens is 298 g/mol. The lowest BCUT2D eigenvalue weighted by molar-refractivity contribution is -0.112. The fourth-order valence-electron chi connectivity index (χ4n) is 1.69. The highest BCUT2D eigenvalue weighted by Crippen LogP contribution is 2.19. The van der Waals surface area contributed by atoms with E-state index in [0.29, 0.717) is 0 Å². The van der Waals surface area contributed by atoms with E-state index in [1.54, 1.807) is 6.92 Å². The smallest absolute Gasteiger partial charge is 0.408 e. The summed E-state index contributed by atoms with van der Waals surface area (Å²) in [5, 5.41) is 2.40. The van der Waals surface area contributed by atoms with Crippen molar-refractivity contribution in [2.24, 2.45) is 0 Å². The summed E-state index contributed by atoms with van der Waals surface area (Å²) in [5.41, 5.74) is 0.898. The minimum Gasteiger partial charge on any atom is -0.445 e. The Morgan fingerprint density at radius 3 is 2.27 bits per heavy atom. The zero-order chi connectivity index (χ0) is 15.8. The van der Waals surface area contributed by atoms with Crippen molar-refractivity contribution in [3.8, 4) is 0 Å². The van der Waals surface area contributed by atoms with Crippen LogP contribution in [0.25, 0.3) is 0 Å². The van der Waals surface area contributed by atoms with Crippen LogP contribution >= 0.6 is 11.8 Å². The Labute approximate surface area is 133 Å². The molecule has 22 heavy (non-hydrogen) atoms. The van der Waals surface area contributed by atoms with Gasteiger partial charge in [0.2, 0.25) is 5.12 Å². The van der Waals surface area contributed by atoms with E-state index in [9.17, 15) is 9.59 Å². The largest absolute Gasteiger partial charge is 0.445 e. The molecule has 0 aliphatic rings. The molecule has 0 radical (unpaired) electrons. The third kappa shape index (κ3) is 5.26. The molecule has 114 valence electrons. The van der Waals surface area contributed by atoms with Gasteiger partial charge < -0.3 is 10.1 Å². The Morgan fingerprint density at radius 2 is 1.64 bits per heavy atom. The first-order valence-electron chi connectivity index (χ1n) is 6.89. The van der Waals surface area contributed by atoms with Gasteiger partial charge in [0, 0.05) is 4.90 Å². The van der Waals surface area contributed by atoms with Gasteiger partial charge >= 0.3 is 6.09 Å². The van der Waals surface area contributed by atoms with E-state index in [1.807, 2.05) is 60.7 Å². The number of hydrogen-bond donors (Lipinski definition) is 1. The number of hydrogen-bond acceptors (Lipinski definition) is 4. The first kappa shape index (κ1) is 16.1. The highest BCUT2D eigenvalue weighted by atomic mass is 32.2. The molecule has 0 heterocycles. The van der Waals surface area contributed by atoms with Crippen LogP contribution in [0.3, 0.4) is 0 Å². The second kappa shape index (κ2) is 8.24. The molecule has 0 aromatic heterocycles. The monoisotopic (exact) mass is 315 g/mol. The molecule has 2 rings (SSSR count). The van der Waals surface area contributed by atoms with Crippen molar-refractivity contribution < 1.29 is 14.3 Å². The van der Waals surface area contributed by atoms with Crippen molar-refractivity contribution in [3.63, 3.8) is 0 Å². The summed E-state index contributed by atoms with van der Waals surface area (Å²) in [7, 11) is 0. The van der Waals surface area contributed by atoms with Crippen LogP contribution in [0.4, 0.5) is 4.79 Å². The van der Waals surface area contributed by atoms with Gasteiger partial charge in [-0.05, 0) is 36.4 Å². The maximum Gasteiger partial charge on any atom is 0.408 e. The summed E-state index contributed by atoms with van der Waals surface area (Å²) in [6.45, 7) is 1.82. The highest BCUT2D eigenvalue weighted by molar-refractivity contribution is 8.13. The van der Waals surface area contributed by atoms with Crippen LogP contribution in [0.1, 0.15) is 12.5 Å². The van der Waals surface area contributed by atoms with E-state index >= 15 is 0 Å². The molecule has 0 aliphatic heterocycles. The fourth-order valence-corrected chi connectivity index (χ4v) is 2.45. The van der Waals surface area contributed by atoms with Crippen LogP contribution in [-0.2, 0) is 16.1 Å². The predicted octanol–water partition coefficient (Wildman–Crippen LogP) is 3.62. The van der Waals surface area contributed by atoms with E-state index in [-0.39, 0.29) is 11.7 Å². The van der Waals surface area contributed by atoms with Gasteiger partial charge in [0.15, 0.2) is 0 Å². The molecule has 5 heteroatoms. The summed E-state index contributed by atoms with van der Waals surface area (Å²) < 4.78 is 5.09. The Bertz CT molecular complexity index is 616. The van der Waals surface area contributed by atoms with E-state index in [1.165, 1.54) is 0 Å². The molecule has 0 saturated carbocycles. The lowest BCUT2D eigenvalue weighted by atomic mass is 10.2. The Hall–Kier alpha value is -2.27. The fraction of sp³-hybridized carbons (Fsp3) is 0.176. The lowest BCUT2D eigenvalue weighted by Crippen LogP contribution is -2.37. The van der Waals surface area contributed by atoms with Crippen LogP contribution in [0.5, 0.6) is 0 Å². The van der Waals surface area contributed by atoms with Gasteiger partial charge in [-0.25, -0.2) is 4.79 Å². The maximum absolute atomic E-state index is 12.0. The van der Waals surface area contributed by atoms with E-state index in [2.05, 4.69) is 5.32 Å². The van der Waals surface area contributed by atoms with Crippen LogP contribution in [0.2, 0.25) is 0 Å². The average Bonchev–Trinajstić information content (AvgIpc) is 2.55. The number of ether oxygens (including phenoxy) is 1. The molecule has 2 aromatic rings. The van der Waals surface area contributed by atoms with Crippen molar-refractivity contribution in [3.05, 3.63) is 66.2 Å². The zero-order valence-electron chi connectivity index (χ0n) is 12.2. The van der Waals surface area contributed by atoms with Gasteiger partial charge in [-0.2, -0.15) is 0 Å². The van der Waals surface area contributed by atoms with E-state index < -0.39 is 12.1 Å². The van der Waals surface area contributed by atoms with Crippen molar-refractivity contribution in [1.29, 1.82) is 0 Å². The molecule has 4 nitrogen and oxygen atoms in total. The number of carbonyl (C=O) groups excluding carboxylic acids is 2. The van der Waals surface area contributed by atoms with Gasteiger partial charge in [-0.1, -0.05) is 48.5 Å². The topological polar surface area (TPSA) is 55.4 Å². The minimum atomic E-state index is -0.617. The van der Waals surface area contributed by atoms with Crippen molar-refractivity contribution in [2.75, 3.05) is 0 Å². The summed E-state index contributed by atoms with van der Waals surface area (Å²) in [6, 6.07) is 18.1. The molecule has 0 bridgehead atoms. The molecular formula is C17H17NO3S. The molecule has 0 fully saturated rings. The summed E-state index contributed by atoms with van der Waals surface area (Å²) in [6.07, 6.45) is -0.599. The predicted molar refractivity (Wildman–Crippen MR) is 86.5 cm³/mol. The molecule has 0 saturated heterocycles. The number of thioether (sulfide) groups is 1. The minimum absolute atomic E-state index is 0.136.